The topological polar surface area (TPSA) is 53.5 Å². The zero-order valence-corrected chi connectivity index (χ0v) is 13.3. The average Bonchev–Trinajstić information content (AvgIpc) is 2.51. The number of anilines is 1. The van der Waals surface area contributed by atoms with Crippen LogP contribution in [0.5, 0.6) is 0 Å². The van der Waals surface area contributed by atoms with Gasteiger partial charge in [0.1, 0.15) is 0 Å². The summed E-state index contributed by atoms with van der Waals surface area (Å²) in [4.78, 5) is 11.8. The number of hydrazone groups is 1. The molecule has 0 atom stereocenters. The summed E-state index contributed by atoms with van der Waals surface area (Å²) in [6.07, 6.45) is 1.64. The smallest absolute Gasteiger partial charge is 0.259 e. The minimum atomic E-state index is -0.218. The Kier molecular flexibility index (Phi) is 5.55. The number of hydrogen-bond acceptors (Lipinski definition) is 3. The Balaban J connectivity index is 1.86. The van der Waals surface area contributed by atoms with Crippen LogP contribution >= 0.6 is 11.6 Å². The van der Waals surface area contributed by atoms with Gasteiger partial charge >= 0.3 is 0 Å². The van der Waals surface area contributed by atoms with E-state index in [0.717, 1.165) is 22.4 Å². The van der Waals surface area contributed by atoms with Crippen molar-refractivity contribution in [2.45, 2.75) is 13.8 Å². The molecular weight excluding hydrogens is 298 g/mol. The third-order valence-electron chi connectivity index (χ3n) is 3.29. The highest BCUT2D eigenvalue weighted by molar-refractivity contribution is 6.31. The molecule has 0 aliphatic carbocycles. The van der Waals surface area contributed by atoms with Crippen molar-refractivity contribution in [3.63, 3.8) is 0 Å². The summed E-state index contributed by atoms with van der Waals surface area (Å²) in [6.45, 7) is 4.03. The average molecular weight is 316 g/mol. The zero-order valence-electron chi connectivity index (χ0n) is 12.6. The molecule has 0 fully saturated rings. The summed E-state index contributed by atoms with van der Waals surface area (Å²) < 4.78 is 0. The highest BCUT2D eigenvalue weighted by Crippen LogP contribution is 2.22. The number of carbonyl (C=O) groups excluding carboxylic acids is 1. The van der Waals surface area contributed by atoms with E-state index in [1.807, 2.05) is 56.3 Å². The predicted molar refractivity (Wildman–Crippen MR) is 91.6 cm³/mol. The van der Waals surface area contributed by atoms with Crippen LogP contribution in [0.2, 0.25) is 5.02 Å². The first-order chi connectivity index (χ1) is 10.6. The second-order valence-electron chi connectivity index (χ2n) is 4.92. The molecule has 1 amide bonds. The standard InChI is InChI=1S/C17H18ClN3O/c1-12-6-3-4-7-14(12)10-20-21-17(22)11-19-16-9-5-8-15(18)13(16)2/h3-10,19H,11H2,1-2H3,(H,21,22). The summed E-state index contributed by atoms with van der Waals surface area (Å²) in [5.74, 6) is -0.218. The van der Waals surface area contributed by atoms with Gasteiger partial charge in [-0.15, -0.1) is 0 Å². The van der Waals surface area contributed by atoms with Gasteiger partial charge in [0.05, 0.1) is 12.8 Å². The third-order valence-corrected chi connectivity index (χ3v) is 3.70. The highest BCUT2D eigenvalue weighted by atomic mass is 35.5. The van der Waals surface area contributed by atoms with Crippen LogP contribution in [0.3, 0.4) is 0 Å². The van der Waals surface area contributed by atoms with Crippen LogP contribution in [0.4, 0.5) is 5.69 Å². The molecule has 0 spiro atoms. The van der Waals surface area contributed by atoms with Gasteiger partial charge in [-0.1, -0.05) is 41.9 Å². The normalized spacial score (nSPS) is 10.7. The van der Waals surface area contributed by atoms with Gasteiger partial charge in [0, 0.05) is 10.7 Å². The lowest BCUT2D eigenvalue weighted by Gasteiger charge is -2.09. The first kappa shape index (κ1) is 16.0. The van der Waals surface area contributed by atoms with E-state index in [9.17, 15) is 4.79 Å². The lowest BCUT2D eigenvalue weighted by Crippen LogP contribution is -2.26. The molecule has 0 aromatic heterocycles. The molecule has 0 aliphatic rings. The highest BCUT2D eigenvalue weighted by Gasteiger charge is 2.04. The van der Waals surface area contributed by atoms with Crippen molar-refractivity contribution in [2.75, 3.05) is 11.9 Å². The number of halogens is 1. The fraction of sp³-hybridized carbons (Fsp3) is 0.176. The molecule has 4 nitrogen and oxygen atoms in total. The maximum Gasteiger partial charge on any atom is 0.259 e. The summed E-state index contributed by atoms with van der Waals surface area (Å²) in [7, 11) is 0. The summed E-state index contributed by atoms with van der Waals surface area (Å²) in [5.41, 5.74) is 6.33. The Morgan fingerprint density at radius 2 is 1.95 bits per heavy atom. The van der Waals surface area contributed by atoms with Crippen LogP contribution in [-0.2, 0) is 4.79 Å². The number of nitrogens with one attached hydrogen (secondary N) is 2. The molecule has 5 heteroatoms. The second kappa shape index (κ2) is 7.61. The van der Waals surface area contributed by atoms with Crippen LogP contribution in [0, 0.1) is 13.8 Å². The van der Waals surface area contributed by atoms with E-state index in [1.54, 1.807) is 6.21 Å². The van der Waals surface area contributed by atoms with Crippen molar-refractivity contribution in [1.29, 1.82) is 0 Å². The first-order valence-corrected chi connectivity index (χ1v) is 7.32. The maximum absolute atomic E-state index is 11.8. The van der Waals surface area contributed by atoms with Gasteiger partial charge in [-0.25, -0.2) is 5.43 Å². The molecule has 2 aromatic rings. The fourth-order valence-corrected chi connectivity index (χ4v) is 2.09. The molecule has 2 rings (SSSR count). The van der Waals surface area contributed by atoms with Crippen molar-refractivity contribution in [3.8, 4) is 0 Å². The maximum atomic E-state index is 11.8. The number of aryl methyl sites for hydroxylation is 1. The Morgan fingerprint density at radius 3 is 2.73 bits per heavy atom. The van der Waals surface area contributed by atoms with Crippen LogP contribution < -0.4 is 10.7 Å². The lowest BCUT2D eigenvalue weighted by atomic mass is 10.1. The van der Waals surface area contributed by atoms with E-state index in [1.165, 1.54) is 0 Å². The Hall–Kier alpha value is -2.33. The zero-order chi connectivity index (χ0) is 15.9. The molecule has 0 bridgehead atoms. The largest absolute Gasteiger partial charge is 0.376 e. The summed E-state index contributed by atoms with van der Waals surface area (Å²) >= 11 is 6.03. The molecule has 0 unspecified atom stereocenters. The van der Waals surface area contributed by atoms with Crippen molar-refractivity contribution in [3.05, 3.63) is 64.2 Å². The molecule has 2 N–H and O–H groups in total. The van der Waals surface area contributed by atoms with Crippen molar-refractivity contribution >= 4 is 29.4 Å². The van der Waals surface area contributed by atoms with Gasteiger partial charge in [0.2, 0.25) is 0 Å². The van der Waals surface area contributed by atoms with E-state index >= 15 is 0 Å². The van der Waals surface area contributed by atoms with Gasteiger partial charge in [-0.05, 0) is 42.7 Å². The molecule has 114 valence electrons. The molecular formula is C17H18ClN3O. The van der Waals surface area contributed by atoms with Crippen LogP contribution in [0.25, 0.3) is 0 Å². The number of rotatable bonds is 5. The molecule has 0 heterocycles. The molecule has 0 saturated carbocycles. The number of amides is 1. The molecule has 0 saturated heterocycles. The molecule has 22 heavy (non-hydrogen) atoms. The van der Waals surface area contributed by atoms with Crippen molar-refractivity contribution in [2.24, 2.45) is 5.10 Å². The van der Waals surface area contributed by atoms with Gasteiger partial charge < -0.3 is 5.32 Å². The first-order valence-electron chi connectivity index (χ1n) is 6.94. The molecule has 0 radical (unpaired) electrons. The number of benzene rings is 2. The third kappa shape index (κ3) is 4.33. The quantitative estimate of drug-likeness (QED) is 0.655. The van der Waals surface area contributed by atoms with E-state index < -0.39 is 0 Å². The Morgan fingerprint density at radius 1 is 1.18 bits per heavy atom. The van der Waals surface area contributed by atoms with Crippen molar-refractivity contribution in [1.82, 2.24) is 5.43 Å². The van der Waals surface area contributed by atoms with Crippen LogP contribution in [-0.4, -0.2) is 18.7 Å². The number of nitrogens with zero attached hydrogens (tertiary/aromatic N) is 1. The Bertz CT molecular complexity index is 698. The fourth-order valence-electron chi connectivity index (χ4n) is 1.92. The van der Waals surface area contributed by atoms with E-state index in [0.29, 0.717) is 5.02 Å². The van der Waals surface area contributed by atoms with E-state index in [4.69, 9.17) is 11.6 Å². The van der Waals surface area contributed by atoms with Gasteiger partial charge in [0.15, 0.2) is 0 Å². The summed E-state index contributed by atoms with van der Waals surface area (Å²) in [6, 6.07) is 13.4. The van der Waals surface area contributed by atoms with Crippen LogP contribution in [0.15, 0.2) is 47.6 Å². The summed E-state index contributed by atoms with van der Waals surface area (Å²) in [5, 5.41) is 7.68. The Labute approximate surface area is 135 Å². The van der Waals surface area contributed by atoms with E-state index in [-0.39, 0.29) is 12.5 Å². The molecule has 0 aliphatic heterocycles. The lowest BCUT2D eigenvalue weighted by molar-refractivity contribution is -0.119. The minimum absolute atomic E-state index is 0.131. The predicted octanol–water partition coefficient (Wildman–Crippen LogP) is 3.52. The minimum Gasteiger partial charge on any atom is -0.376 e. The monoisotopic (exact) mass is 315 g/mol. The van der Waals surface area contributed by atoms with Gasteiger partial charge in [0.25, 0.3) is 5.91 Å². The van der Waals surface area contributed by atoms with Gasteiger partial charge in [-0.2, -0.15) is 5.10 Å². The van der Waals surface area contributed by atoms with E-state index in [2.05, 4.69) is 15.8 Å². The van der Waals surface area contributed by atoms with Gasteiger partial charge in [-0.3, -0.25) is 4.79 Å². The number of hydrogen-bond donors (Lipinski definition) is 2. The number of carbonyl (C=O) groups is 1. The van der Waals surface area contributed by atoms with Crippen molar-refractivity contribution < 1.29 is 4.79 Å². The SMILES string of the molecule is Cc1ccccc1C=NNC(=O)CNc1cccc(Cl)c1C. The second-order valence-corrected chi connectivity index (χ2v) is 5.32. The van der Waals surface area contributed by atoms with Crippen LogP contribution in [0.1, 0.15) is 16.7 Å². The molecule has 2 aromatic carbocycles.